The standard InChI is InChI=1S/C30H40N4O2/c1-24-7-6-10-28(23-24)33-21-19-32(20-22-33)16-13-25(2)31-30(36)27-14-17-34(18-15-27)29(35)12-11-26-8-4-3-5-9-26/h3-12,23,25,27H,13-22H2,1-2H3,(H,31,36)/b12-11+. The Morgan fingerprint density at radius 2 is 1.69 bits per heavy atom. The van der Waals surface area contributed by atoms with Crippen molar-refractivity contribution in [2.24, 2.45) is 5.92 Å². The molecule has 1 unspecified atom stereocenters. The van der Waals surface area contributed by atoms with E-state index >= 15 is 0 Å². The minimum absolute atomic E-state index is 0.00697. The van der Waals surface area contributed by atoms with Gasteiger partial charge in [-0.1, -0.05) is 42.5 Å². The number of rotatable bonds is 8. The quantitative estimate of drug-likeness (QED) is 0.572. The van der Waals surface area contributed by atoms with Crippen molar-refractivity contribution in [1.29, 1.82) is 0 Å². The van der Waals surface area contributed by atoms with Crippen LogP contribution in [-0.2, 0) is 9.59 Å². The molecule has 0 saturated carbocycles. The first-order valence-electron chi connectivity index (χ1n) is 13.3. The summed E-state index contributed by atoms with van der Waals surface area (Å²) in [5.74, 6) is 0.153. The van der Waals surface area contributed by atoms with E-state index in [9.17, 15) is 9.59 Å². The van der Waals surface area contributed by atoms with Gasteiger partial charge in [-0.15, -0.1) is 0 Å². The second-order valence-corrected chi connectivity index (χ2v) is 10.2. The third-order valence-electron chi connectivity index (χ3n) is 7.40. The molecule has 4 rings (SSSR count). The Morgan fingerprint density at radius 3 is 2.39 bits per heavy atom. The van der Waals surface area contributed by atoms with E-state index in [2.05, 4.69) is 53.2 Å². The van der Waals surface area contributed by atoms with E-state index in [1.54, 1.807) is 6.08 Å². The summed E-state index contributed by atoms with van der Waals surface area (Å²) in [6, 6.07) is 18.7. The summed E-state index contributed by atoms with van der Waals surface area (Å²) >= 11 is 0. The number of hydrogen-bond acceptors (Lipinski definition) is 4. The highest BCUT2D eigenvalue weighted by molar-refractivity contribution is 5.92. The van der Waals surface area contributed by atoms with Gasteiger partial charge < -0.3 is 15.1 Å². The number of hydrogen-bond donors (Lipinski definition) is 1. The Hall–Kier alpha value is -3.12. The van der Waals surface area contributed by atoms with Crippen molar-refractivity contribution >= 4 is 23.6 Å². The van der Waals surface area contributed by atoms with E-state index in [1.165, 1.54) is 11.3 Å². The molecule has 1 atom stereocenters. The normalized spacial score (nSPS) is 18.4. The van der Waals surface area contributed by atoms with E-state index < -0.39 is 0 Å². The summed E-state index contributed by atoms with van der Waals surface area (Å²) in [5.41, 5.74) is 3.63. The van der Waals surface area contributed by atoms with Crippen molar-refractivity contribution in [1.82, 2.24) is 15.1 Å². The molecule has 6 heteroatoms. The van der Waals surface area contributed by atoms with E-state index in [0.29, 0.717) is 13.1 Å². The van der Waals surface area contributed by atoms with Crippen LogP contribution in [0.15, 0.2) is 60.7 Å². The molecule has 6 nitrogen and oxygen atoms in total. The van der Waals surface area contributed by atoms with Crippen molar-refractivity contribution in [3.05, 3.63) is 71.8 Å². The summed E-state index contributed by atoms with van der Waals surface area (Å²) in [6.07, 6.45) is 5.90. The summed E-state index contributed by atoms with van der Waals surface area (Å²) in [5, 5.41) is 3.23. The third kappa shape index (κ3) is 7.44. The molecule has 0 bridgehead atoms. The molecule has 2 aromatic rings. The van der Waals surface area contributed by atoms with E-state index in [4.69, 9.17) is 0 Å². The number of piperidine rings is 1. The van der Waals surface area contributed by atoms with Gasteiger partial charge in [0, 0.05) is 69.5 Å². The second kappa shape index (κ2) is 12.7. The number of likely N-dealkylation sites (tertiary alicyclic amines) is 1. The number of piperazine rings is 1. The van der Waals surface area contributed by atoms with Gasteiger partial charge in [-0.25, -0.2) is 0 Å². The topological polar surface area (TPSA) is 55.9 Å². The first-order chi connectivity index (χ1) is 17.5. The van der Waals surface area contributed by atoms with Gasteiger partial charge in [-0.05, 0) is 62.4 Å². The van der Waals surface area contributed by atoms with Gasteiger partial charge in [-0.2, -0.15) is 0 Å². The number of nitrogens with one attached hydrogen (secondary N) is 1. The Kier molecular flexibility index (Phi) is 9.17. The summed E-state index contributed by atoms with van der Waals surface area (Å²) in [4.78, 5) is 32.1. The molecule has 36 heavy (non-hydrogen) atoms. The average Bonchev–Trinajstić information content (AvgIpc) is 2.91. The summed E-state index contributed by atoms with van der Waals surface area (Å²) in [7, 11) is 0. The van der Waals surface area contributed by atoms with Crippen LogP contribution >= 0.6 is 0 Å². The maximum Gasteiger partial charge on any atom is 0.246 e. The molecule has 192 valence electrons. The number of anilines is 1. The largest absolute Gasteiger partial charge is 0.369 e. The van der Waals surface area contributed by atoms with E-state index in [1.807, 2.05) is 41.3 Å². The fraction of sp³-hybridized carbons (Fsp3) is 0.467. The fourth-order valence-corrected chi connectivity index (χ4v) is 5.06. The molecule has 2 heterocycles. The van der Waals surface area contributed by atoms with Gasteiger partial charge in [0.05, 0.1) is 0 Å². The number of carbonyl (C=O) groups excluding carboxylic acids is 2. The van der Waals surface area contributed by atoms with E-state index in [-0.39, 0.29) is 23.8 Å². The fourth-order valence-electron chi connectivity index (χ4n) is 5.06. The van der Waals surface area contributed by atoms with Crippen molar-refractivity contribution in [2.45, 2.75) is 39.2 Å². The monoisotopic (exact) mass is 488 g/mol. The zero-order valence-electron chi connectivity index (χ0n) is 21.7. The summed E-state index contributed by atoms with van der Waals surface area (Å²) < 4.78 is 0. The van der Waals surface area contributed by atoms with Gasteiger partial charge in [0.25, 0.3) is 0 Å². The minimum atomic E-state index is -0.00697. The molecule has 2 aliphatic rings. The smallest absolute Gasteiger partial charge is 0.246 e. The highest BCUT2D eigenvalue weighted by Gasteiger charge is 2.27. The second-order valence-electron chi connectivity index (χ2n) is 10.2. The minimum Gasteiger partial charge on any atom is -0.369 e. The number of aryl methyl sites for hydroxylation is 1. The van der Waals surface area contributed by atoms with Crippen molar-refractivity contribution in [3.63, 3.8) is 0 Å². The van der Waals surface area contributed by atoms with Crippen LogP contribution in [0.4, 0.5) is 5.69 Å². The van der Waals surface area contributed by atoms with Crippen LogP contribution in [-0.4, -0.2) is 73.5 Å². The lowest BCUT2D eigenvalue weighted by Gasteiger charge is -2.36. The lowest BCUT2D eigenvalue weighted by molar-refractivity contribution is -0.132. The van der Waals surface area contributed by atoms with E-state index in [0.717, 1.165) is 57.5 Å². The maximum atomic E-state index is 12.8. The lowest BCUT2D eigenvalue weighted by Crippen LogP contribution is -2.48. The van der Waals surface area contributed by atoms with Gasteiger partial charge in [0.1, 0.15) is 0 Å². The molecule has 0 aliphatic carbocycles. The number of benzene rings is 2. The van der Waals surface area contributed by atoms with Crippen LogP contribution in [0, 0.1) is 12.8 Å². The van der Waals surface area contributed by atoms with Crippen LogP contribution < -0.4 is 10.2 Å². The Morgan fingerprint density at radius 1 is 0.972 bits per heavy atom. The molecule has 2 fully saturated rings. The molecule has 0 spiro atoms. The predicted octanol–water partition coefficient (Wildman–Crippen LogP) is 3.96. The molecule has 2 amide bonds. The highest BCUT2D eigenvalue weighted by Crippen LogP contribution is 2.20. The predicted molar refractivity (Wildman–Crippen MR) is 147 cm³/mol. The number of amides is 2. The van der Waals surface area contributed by atoms with Gasteiger partial charge in [0.15, 0.2) is 0 Å². The zero-order chi connectivity index (χ0) is 25.3. The molecule has 2 saturated heterocycles. The van der Waals surface area contributed by atoms with Gasteiger partial charge in [-0.3, -0.25) is 14.5 Å². The maximum absolute atomic E-state index is 12.8. The molecular formula is C30H40N4O2. The van der Waals surface area contributed by atoms with Gasteiger partial charge >= 0.3 is 0 Å². The van der Waals surface area contributed by atoms with Crippen molar-refractivity contribution in [2.75, 3.05) is 50.7 Å². The molecule has 1 N–H and O–H groups in total. The van der Waals surface area contributed by atoms with Crippen LogP contribution in [0.5, 0.6) is 0 Å². The molecule has 2 aromatic carbocycles. The summed E-state index contributed by atoms with van der Waals surface area (Å²) in [6.45, 7) is 10.7. The SMILES string of the molecule is Cc1cccc(N2CCN(CCC(C)NC(=O)C3CCN(C(=O)/C=C/c4ccccc4)CC3)CC2)c1. The van der Waals surface area contributed by atoms with Crippen LogP contribution in [0.3, 0.4) is 0 Å². The Bertz CT molecular complexity index is 1020. The van der Waals surface area contributed by atoms with Crippen LogP contribution in [0.25, 0.3) is 6.08 Å². The molecule has 2 aliphatic heterocycles. The Balaban J connectivity index is 1.13. The Labute approximate surface area is 216 Å². The van der Waals surface area contributed by atoms with Gasteiger partial charge in [0.2, 0.25) is 11.8 Å². The zero-order valence-corrected chi connectivity index (χ0v) is 21.7. The first kappa shape index (κ1) is 26.0. The highest BCUT2D eigenvalue weighted by atomic mass is 16.2. The number of nitrogens with zero attached hydrogens (tertiary/aromatic N) is 3. The van der Waals surface area contributed by atoms with Crippen LogP contribution in [0.2, 0.25) is 0 Å². The number of carbonyl (C=O) groups is 2. The molecule has 0 radical (unpaired) electrons. The van der Waals surface area contributed by atoms with Crippen LogP contribution in [0.1, 0.15) is 37.3 Å². The third-order valence-corrected chi connectivity index (χ3v) is 7.40. The average molecular weight is 489 g/mol. The van der Waals surface area contributed by atoms with Crippen molar-refractivity contribution < 1.29 is 9.59 Å². The lowest BCUT2D eigenvalue weighted by atomic mass is 9.95. The molecule has 0 aromatic heterocycles. The first-order valence-corrected chi connectivity index (χ1v) is 13.3. The molecular weight excluding hydrogens is 448 g/mol. The van der Waals surface area contributed by atoms with Crippen molar-refractivity contribution in [3.8, 4) is 0 Å².